The fourth-order valence-electron chi connectivity index (χ4n) is 3.33. The van der Waals surface area contributed by atoms with Crippen LogP contribution in [0.3, 0.4) is 0 Å². The summed E-state index contributed by atoms with van der Waals surface area (Å²) in [6, 6.07) is 18.8. The van der Waals surface area contributed by atoms with Crippen LogP contribution in [0.1, 0.15) is 18.4 Å². The topological polar surface area (TPSA) is 46.2 Å². The van der Waals surface area contributed by atoms with E-state index >= 15 is 0 Å². The number of carbonyl (C=O) groups is 1. The van der Waals surface area contributed by atoms with E-state index in [2.05, 4.69) is 17.4 Å². The summed E-state index contributed by atoms with van der Waals surface area (Å²) < 4.78 is 11.6. The minimum absolute atomic E-state index is 0.127. The van der Waals surface area contributed by atoms with Crippen molar-refractivity contribution < 1.29 is 9.00 Å². The molecule has 1 atom stereocenters. The van der Waals surface area contributed by atoms with Gasteiger partial charge < -0.3 is 5.32 Å². The number of benzene rings is 3. The van der Waals surface area contributed by atoms with Crippen LogP contribution in [0.2, 0.25) is 10.0 Å². The average Bonchev–Trinajstić information content (AvgIpc) is 3.57. The summed E-state index contributed by atoms with van der Waals surface area (Å²) in [4.78, 5) is 14.5. The second-order valence-electron chi connectivity index (χ2n) is 7.92. The largest absolute Gasteiger partial charge is 0.326 e. The van der Waals surface area contributed by atoms with Crippen molar-refractivity contribution in [2.75, 3.05) is 17.3 Å². The molecule has 0 spiro atoms. The Morgan fingerprint density at radius 3 is 2.22 bits per heavy atom. The molecular weight excluding hydrogens is 481 g/mol. The van der Waals surface area contributed by atoms with Crippen molar-refractivity contribution in [2.45, 2.75) is 29.1 Å². The van der Waals surface area contributed by atoms with Crippen molar-refractivity contribution in [2.24, 2.45) is 5.92 Å². The molecule has 4 rings (SSSR count). The monoisotopic (exact) mass is 503 g/mol. The van der Waals surface area contributed by atoms with E-state index in [0.717, 1.165) is 21.9 Å². The maximum atomic E-state index is 12.5. The second kappa shape index (κ2) is 10.4. The maximum absolute atomic E-state index is 12.5. The van der Waals surface area contributed by atoms with Gasteiger partial charge in [0.15, 0.2) is 0 Å². The molecule has 0 radical (unpaired) electrons. The third-order valence-electron chi connectivity index (χ3n) is 5.27. The zero-order valence-corrected chi connectivity index (χ0v) is 20.7. The van der Waals surface area contributed by atoms with E-state index in [-0.39, 0.29) is 12.3 Å². The summed E-state index contributed by atoms with van der Waals surface area (Å²) in [7, 11) is -1.05. The molecular formula is C25H23Cl2NO2S2. The molecule has 0 aliphatic heterocycles. The van der Waals surface area contributed by atoms with Gasteiger partial charge in [-0.05, 0) is 66.3 Å². The Bertz CT molecular complexity index is 1120. The number of hydrogen-bond acceptors (Lipinski definition) is 3. The molecule has 1 fully saturated rings. The lowest BCUT2D eigenvalue weighted by Crippen LogP contribution is -2.14. The molecule has 0 aromatic heterocycles. The van der Waals surface area contributed by atoms with E-state index in [0.29, 0.717) is 21.3 Å². The van der Waals surface area contributed by atoms with Gasteiger partial charge in [0.1, 0.15) is 0 Å². The smallest absolute Gasteiger partial charge is 0.228 e. The van der Waals surface area contributed by atoms with Gasteiger partial charge in [-0.2, -0.15) is 0 Å². The van der Waals surface area contributed by atoms with E-state index < -0.39 is 10.8 Å². The molecule has 3 aromatic rings. The standard InChI is InChI=1S/C25H23Cl2NO2S2/c1-32(30)21-10-6-18(7-11-21)25-22(26)13-19(14-23(25)27)28-24(29)12-16-4-8-20(9-5-16)31-15-17-2-3-17/h4-11,13-14,17H,2-3,12,15H2,1H3,(H,28,29). The van der Waals surface area contributed by atoms with Crippen LogP contribution in [0.4, 0.5) is 5.69 Å². The number of hydrogen-bond donors (Lipinski definition) is 1. The molecule has 1 saturated carbocycles. The number of halogens is 2. The Morgan fingerprint density at radius 2 is 1.66 bits per heavy atom. The highest BCUT2D eigenvalue weighted by Gasteiger charge is 2.21. The minimum Gasteiger partial charge on any atom is -0.326 e. The Hall–Kier alpha value is -1.79. The normalized spacial score (nSPS) is 14.2. The van der Waals surface area contributed by atoms with E-state index in [9.17, 15) is 9.00 Å². The van der Waals surface area contributed by atoms with Crippen LogP contribution in [0.25, 0.3) is 11.1 Å². The SMILES string of the molecule is CS(=O)c1ccc(-c2c(Cl)cc(NC(=O)Cc3ccc(SCC4CC4)cc3)cc2Cl)cc1. The van der Waals surface area contributed by atoms with E-state index in [1.165, 1.54) is 23.5 Å². The Balaban J connectivity index is 1.40. The van der Waals surface area contributed by atoms with Crippen LogP contribution in [0, 0.1) is 5.92 Å². The summed E-state index contributed by atoms with van der Waals surface area (Å²) in [5.41, 5.74) is 3.02. The molecule has 1 aliphatic carbocycles. The van der Waals surface area contributed by atoms with Crippen molar-refractivity contribution in [1.82, 2.24) is 0 Å². The number of carbonyl (C=O) groups excluding carboxylic acids is 1. The number of nitrogens with one attached hydrogen (secondary N) is 1. The molecule has 1 aliphatic rings. The molecule has 0 bridgehead atoms. The van der Waals surface area contributed by atoms with Crippen molar-refractivity contribution in [1.29, 1.82) is 0 Å². The molecule has 166 valence electrons. The van der Waals surface area contributed by atoms with Crippen LogP contribution in [0.5, 0.6) is 0 Å². The van der Waals surface area contributed by atoms with Crippen LogP contribution >= 0.6 is 35.0 Å². The number of rotatable bonds is 8. The fourth-order valence-corrected chi connectivity index (χ4v) is 5.64. The predicted octanol–water partition coefficient (Wildman–Crippen LogP) is 7.08. The quantitative estimate of drug-likeness (QED) is 0.334. The zero-order chi connectivity index (χ0) is 22.7. The Labute approximate surface area is 205 Å². The van der Waals surface area contributed by atoms with Crippen molar-refractivity contribution in [3.05, 3.63) is 76.3 Å². The molecule has 1 unspecified atom stereocenters. The predicted molar refractivity (Wildman–Crippen MR) is 136 cm³/mol. The lowest BCUT2D eigenvalue weighted by Gasteiger charge is -2.12. The van der Waals surface area contributed by atoms with Gasteiger partial charge in [-0.3, -0.25) is 9.00 Å². The van der Waals surface area contributed by atoms with Crippen LogP contribution in [-0.4, -0.2) is 22.1 Å². The van der Waals surface area contributed by atoms with Crippen molar-refractivity contribution >= 4 is 57.4 Å². The highest BCUT2D eigenvalue weighted by molar-refractivity contribution is 7.99. The fraction of sp³-hybridized carbons (Fsp3) is 0.240. The molecule has 1 amide bonds. The zero-order valence-electron chi connectivity index (χ0n) is 17.6. The van der Waals surface area contributed by atoms with Gasteiger partial charge in [-0.25, -0.2) is 0 Å². The summed E-state index contributed by atoms with van der Waals surface area (Å²) in [5.74, 6) is 1.94. The summed E-state index contributed by atoms with van der Waals surface area (Å²) >= 11 is 14.9. The van der Waals surface area contributed by atoms with E-state index in [4.69, 9.17) is 23.2 Å². The first-order chi connectivity index (χ1) is 15.4. The highest BCUT2D eigenvalue weighted by Crippen LogP contribution is 2.38. The first-order valence-electron chi connectivity index (χ1n) is 10.3. The Morgan fingerprint density at radius 1 is 1.03 bits per heavy atom. The summed E-state index contributed by atoms with van der Waals surface area (Å²) in [6.07, 6.45) is 4.62. The molecule has 1 N–H and O–H groups in total. The molecule has 3 nitrogen and oxygen atoms in total. The van der Waals surface area contributed by atoms with Gasteiger partial charge in [0.2, 0.25) is 5.91 Å². The molecule has 0 heterocycles. The first-order valence-corrected chi connectivity index (χ1v) is 13.6. The van der Waals surface area contributed by atoms with E-state index in [1.54, 1.807) is 30.5 Å². The van der Waals surface area contributed by atoms with Gasteiger partial charge in [-0.15, -0.1) is 11.8 Å². The van der Waals surface area contributed by atoms with Crippen LogP contribution < -0.4 is 5.32 Å². The summed E-state index contributed by atoms with van der Waals surface area (Å²) in [5, 5.41) is 3.76. The van der Waals surface area contributed by atoms with Crippen molar-refractivity contribution in [3.8, 4) is 11.1 Å². The second-order valence-corrected chi connectivity index (χ2v) is 11.2. The first kappa shape index (κ1) is 23.4. The number of amides is 1. The van der Waals surface area contributed by atoms with Gasteiger partial charge in [0.05, 0.1) is 16.5 Å². The molecule has 3 aromatic carbocycles. The van der Waals surface area contributed by atoms with E-state index in [1.807, 2.05) is 36.0 Å². The Kier molecular flexibility index (Phi) is 7.62. The van der Waals surface area contributed by atoms with Crippen LogP contribution in [-0.2, 0) is 22.0 Å². The lowest BCUT2D eigenvalue weighted by molar-refractivity contribution is -0.115. The maximum Gasteiger partial charge on any atom is 0.228 e. The van der Waals surface area contributed by atoms with Crippen LogP contribution in [0.15, 0.2) is 70.5 Å². The van der Waals surface area contributed by atoms with Gasteiger partial charge in [0.25, 0.3) is 0 Å². The van der Waals surface area contributed by atoms with Crippen molar-refractivity contribution in [3.63, 3.8) is 0 Å². The molecule has 0 saturated heterocycles. The molecule has 32 heavy (non-hydrogen) atoms. The van der Waals surface area contributed by atoms with Gasteiger partial charge in [-0.1, -0.05) is 47.5 Å². The average molecular weight is 505 g/mol. The lowest BCUT2D eigenvalue weighted by atomic mass is 10.0. The van der Waals surface area contributed by atoms with Gasteiger partial charge in [0, 0.05) is 43.8 Å². The third kappa shape index (κ3) is 6.16. The summed E-state index contributed by atoms with van der Waals surface area (Å²) in [6.45, 7) is 0. The van der Waals surface area contributed by atoms with Gasteiger partial charge >= 0.3 is 0 Å². The molecule has 7 heteroatoms. The number of thioether (sulfide) groups is 1. The third-order valence-corrected chi connectivity index (χ3v) is 8.05. The number of anilines is 1. The minimum atomic E-state index is -1.05. The highest BCUT2D eigenvalue weighted by atomic mass is 35.5.